The van der Waals surface area contributed by atoms with E-state index in [2.05, 4.69) is 27.5 Å². The highest BCUT2D eigenvalue weighted by Crippen LogP contribution is 2.08. The van der Waals surface area contributed by atoms with Crippen molar-refractivity contribution in [2.24, 2.45) is 0 Å². The summed E-state index contributed by atoms with van der Waals surface area (Å²) in [6, 6.07) is 8.89. The Morgan fingerprint density at radius 3 is 2.68 bits per heavy atom. The van der Waals surface area contributed by atoms with Gasteiger partial charge >= 0.3 is 0 Å². The Morgan fingerprint density at radius 2 is 2.05 bits per heavy atom. The molecule has 0 saturated heterocycles. The highest BCUT2D eigenvalue weighted by Gasteiger charge is 2.06. The fourth-order valence-electron chi connectivity index (χ4n) is 1.51. The van der Waals surface area contributed by atoms with Crippen LogP contribution in [0.4, 0.5) is 11.6 Å². The van der Waals surface area contributed by atoms with Crippen LogP contribution < -0.4 is 10.6 Å². The Bertz CT molecular complexity index is 525. The standard InChI is InChI=1S/C14H16N4O/c1-2-8-15-12-7-6-11(10-17-12)14(19)18-13-5-3-4-9-16-13/h3-7,9-10H,2,8H2,1H3,(H,15,17)(H,16,18,19). The molecule has 2 rings (SSSR count). The first-order chi connectivity index (χ1) is 9.29. The molecule has 0 spiro atoms. The van der Waals surface area contributed by atoms with Gasteiger partial charge in [0, 0.05) is 18.9 Å². The van der Waals surface area contributed by atoms with Crippen molar-refractivity contribution >= 4 is 17.5 Å². The van der Waals surface area contributed by atoms with Crippen molar-refractivity contribution in [1.29, 1.82) is 0 Å². The summed E-state index contributed by atoms with van der Waals surface area (Å²) in [6.07, 6.45) is 4.21. The maximum absolute atomic E-state index is 11.9. The molecule has 0 radical (unpaired) electrons. The lowest BCUT2D eigenvalue weighted by atomic mass is 10.2. The van der Waals surface area contributed by atoms with Gasteiger partial charge in [-0.25, -0.2) is 9.97 Å². The van der Waals surface area contributed by atoms with Crippen LogP contribution in [0.25, 0.3) is 0 Å². The molecule has 0 saturated carbocycles. The first kappa shape index (κ1) is 13.0. The minimum absolute atomic E-state index is 0.215. The number of anilines is 2. The van der Waals surface area contributed by atoms with E-state index in [1.807, 2.05) is 6.07 Å². The van der Waals surface area contributed by atoms with Crippen LogP contribution in [0.15, 0.2) is 42.7 Å². The minimum atomic E-state index is -0.215. The number of carbonyl (C=O) groups excluding carboxylic acids is 1. The van der Waals surface area contributed by atoms with Gasteiger partial charge in [-0.2, -0.15) is 0 Å². The van der Waals surface area contributed by atoms with Crippen LogP contribution in [-0.2, 0) is 0 Å². The summed E-state index contributed by atoms with van der Waals surface area (Å²) in [7, 11) is 0. The highest BCUT2D eigenvalue weighted by atomic mass is 16.1. The van der Waals surface area contributed by atoms with Gasteiger partial charge in [-0.05, 0) is 30.7 Å². The maximum Gasteiger partial charge on any atom is 0.258 e. The van der Waals surface area contributed by atoms with Gasteiger partial charge in [-0.3, -0.25) is 4.79 Å². The van der Waals surface area contributed by atoms with Crippen LogP contribution in [-0.4, -0.2) is 22.4 Å². The molecular formula is C14H16N4O. The van der Waals surface area contributed by atoms with Gasteiger partial charge in [-0.1, -0.05) is 13.0 Å². The van der Waals surface area contributed by atoms with Gasteiger partial charge in [0.1, 0.15) is 11.6 Å². The molecule has 0 bridgehead atoms. The van der Waals surface area contributed by atoms with Gasteiger partial charge in [-0.15, -0.1) is 0 Å². The Morgan fingerprint density at radius 1 is 1.16 bits per heavy atom. The summed E-state index contributed by atoms with van der Waals surface area (Å²) in [5.41, 5.74) is 0.507. The smallest absolute Gasteiger partial charge is 0.258 e. The van der Waals surface area contributed by atoms with Crippen LogP contribution in [0.5, 0.6) is 0 Å². The fraction of sp³-hybridized carbons (Fsp3) is 0.214. The number of nitrogens with zero attached hydrogens (tertiary/aromatic N) is 2. The van der Waals surface area contributed by atoms with Crippen LogP contribution >= 0.6 is 0 Å². The van der Waals surface area contributed by atoms with Crippen LogP contribution in [0.3, 0.4) is 0 Å². The number of pyridine rings is 2. The monoisotopic (exact) mass is 256 g/mol. The van der Waals surface area contributed by atoms with Crippen LogP contribution in [0, 0.1) is 0 Å². The molecule has 2 N–H and O–H groups in total. The van der Waals surface area contributed by atoms with Crippen molar-refractivity contribution < 1.29 is 4.79 Å². The van der Waals surface area contributed by atoms with Crippen molar-refractivity contribution in [3.63, 3.8) is 0 Å². The van der Waals surface area contributed by atoms with Crippen LogP contribution in [0.2, 0.25) is 0 Å². The molecule has 0 atom stereocenters. The van der Waals surface area contributed by atoms with E-state index in [-0.39, 0.29) is 5.91 Å². The molecule has 5 heteroatoms. The molecule has 1 amide bonds. The summed E-state index contributed by atoms with van der Waals surface area (Å²) in [5, 5.41) is 5.87. The molecule has 0 aliphatic carbocycles. The molecule has 0 aliphatic rings. The third-order valence-corrected chi connectivity index (χ3v) is 2.49. The summed E-state index contributed by atoms with van der Waals surface area (Å²) >= 11 is 0. The number of carbonyl (C=O) groups is 1. The second-order valence-electron chi connectivity index (χ2n) is 4.03. The Hall–Kier alpha value is -2.43. The molecule has 19 heavy (non-hydrogen) atoms. The number of aromatic nitrogens is 2. The van der Waals surface area contributed by atoms with E-state index in [0.29, 0.717) is 11.4 Å². The predicted octanol–water partition coefficient (Wildman–Crippen LogP) is 2.55. The number of amides is 1. The molecule has 98 valence electrons. The molecule has 2 aromatic rings. The summed E-state index contributed by atoms with van der Waals surface area (Å²) in [5.74, 6) is 1.09. The zero-order chi connectivity index (χ0) is 13.5. The van der Waals surface area contributed by atoms with Gasteiger partial charge in [0.2, 0.25) is 0 Å². The largest absolute Gasteiger partial charge is 0.370 e. The van der Waals surface area contributed by atoms with Crippen molar-refractivity contribution in [3.8, 4) is 0 Å². The molecule has 5 nitrogen and oxygen atoms in total. The van der Waals surface area contributed by atoms with Crippen LogP contribution in [0.1, 0.15) is 23.7 Å². The van der Waals surface area contributed by atoms with Crippen molar-refractivity contribution in [3.05, 3.63) is 48.3 Å². The van der Waals surface area contributed by atoms with Gasteiger partial charge < -0.3 is 10.6 Å². The van der Waals surface area contributed by atoms with E-state index in [1.54, 1.807) is 36.7 Å². The molecule has 0 unspecified atom stereocenters. The molecule has 0 aromatic carbocycles. The Labute approximate surface area is 112 Å². The second-order valence-corrected chi connectivity index (χ2v) is 4.03. The average molecular weight is 256 g/mol. The van der Waals surface area contributed by atoms with E-state index in [1.165, 1.54) is 0 Å². The SMILES string of the molecule is CCCNc1ccc(C(=O)Nc2ccccn2)cn1. The van der Waals surface area contributed by atoms with E-state index in [4.69, 9.17) is 0 Å². The molecular weight excluding hydrogens is 240 g/mol. The van der Waals surface area contributed by atoms with Crippen molar-refractivity contribution in [1.82, 2.24) is 9.97 Å². The predicted molar refractivity (Wildman–Crippen MR) is 75.2 cm³/mol. The Balaban J connectivity index is 1.99. The quantitative estimate of drug-likeness (QED) is 0.862. The molecule has 2 aromatic heterocycles. The summed E-state index contributed by atoms with van der Waals surface area (Å²) < 4.78 is 0. The average Bonchev–Trinajstić information content (AvgIpc) is 2.46. The van der Waals surface area contributed by atoms with Crippen molar-refractivity contribution in [2.45, 2.75) is 13.3 Å². The van der Waals surface area contributed by atoms with E-state index < -0.39 is 0 Å². The third kappa shape index (κ3) is 3.77. The Kier molecular flexibility index (Phi) is 4.44. The van der Waals surface area contributed by atoms with E-state index >= 15 is 0 Å². The lowest BCUT2D eigenvalue weighted by molar-refractivity contribution is 0.102. The van der Waals surface area contributed by atoms with Gasteiger partial charge in [0.25, 0.3) is 5.91 Å². The molecule has 0 aliphatic heterocycles. The first-order valence-corrected chi connectivity index (χ1v) is 6.22. The maximum atomic E-state index is 11.9. The topological polar surface area (TPSA) is 66.9 Å². The van der Waals surface area contributed by atoms with Crippen molar-refractivity contribution in [2.75, 3.05) is 17.2 Å². The zero-order valence-electron chi connectivity index (χ0n) is 10.8. The zero-order valence-corrected chi connectivity index (χ0v) is 10.8. The van der Waals surface area contributed by atoms with Gasteiger partial charge in [0.05, 0.1) is 5.56 Å². The second kappa shape index (κ2) is 6.49. The van der Waals surface area contributed by atoms with Gasteiger partial charge in [0.15, 0.2) is 0 Å². The number of hydrogen-bond acceptors (Lipinski definition) is 4. The number of hydrogen-bond donors (Lipinski definition) is 2. The third-order valence-electron chi connectivity index (χ3n) is 2.49. The number of nitrogens with one attached hydrogen (secondary N) is 2. The fourth-order valence-corrected chi connectivity index (χ4v) is 1.51. The first-order valence-electron chi connectivity index (χ1n) is 6.22. The normalized spacial score (nSPS) is 9.95. The lowest BCUT2D eigenvalue weighted by Gasteiger charge is -2.06. The van der Waals surface area contributed by atoms with E-state index in [9.17, 15) is 4.79 Å². The summed E-state index contributed by atoms with van der Waals surface area (Å²) in [4.78, 5) is 20.2. The molecule has 2 heterocycles. The highest BCUT2D eigenvalue weighted by molar-refractivity contribution is 6.03. The number of rotatable bonds is 5. The van der Waals surface area contributed by atoms with E-state index in [0.717, 1.165) is 18.8 Å². The summed E-state index contributed by atoms with van der Waals surface area (Å²) in [6.45, 7) is 2.95. The minimum Gasteiger partial charge on any atom is -0.370 e. The lowest BCUT2D eigenvalue weighted by Crippen LogP contribution is -2.13. The molecule has 0 fully saturated rings.